The van der Waals surface area contributed by atoms with Crippen molar-refractivity contribution in [2.24, 2.45) is 0 Å². The monoisotopic (exact) mass is 304 g/mol. The van der Waals surface area contributed by atoms with Crippen LogP contribution in [0.1, 0.15) is 0 Å². The van der Waals surface area contributed by atoms with Crippen LogP contribution in [0.25, 0.3) is 55.0 Å². The summed E-state index contributed by atoms with van der Waals surface area (Å²) in [4.78, 5) is 0. The van der Waals surface area contributed by atoms with Crippen molar-refractivity contribution in [3.63, 3.8) is 0 Å². The Morgan fingerprint density at radius 1 is 0.667 bits per heavy atom. The van der Waals surface area contributed by atoms with Crippen molar-refractivity contribution in [1.29, 1.82) is 0 Å². The molecule has 0 aliphatic heterocycles. The maximum atomic E-state index is 6.31. The van der Waals surface area contributed by atoms with Crippen LogP contribution >= 0.6 is 0 Å². The van der Waals surface area contributed by atoms with Gasteiger partial charge in [0.1, 0.15) is 19.0 Å². The highest BCUT2D eigenvalue weighted by Gasteiger charge is 2.26. The van der Waals surface area contributed by atoms with E-state index < -0.39 is 0 Å². The summed E-state index contributed by atoms with van der Waals surface area (Å²) in [6.45, 7) is 0. The van der Waals surface area contributed by atoms with Crippen molar-refractivity contribution in [1.82, 2.24) is 0 Å². The van der Waals surface area contributed by atoms with E-state index in [0.717, 1.165) is 11.2 Å². The van der Waals surface area contributed by atoms with Crippen molar-refractivity contribution < 1.29 is 4.42 Å². The molecule has 2 heteroatoms. The van der Waals surface area contributed by atoms with E-state index >= 15 is 0 Å². The summed E-state index contributed by atoms with van der Waals surface area (Å²) in [7, 11) is 2.20. The Kier molecular flexibility index (Phi) is 2.12. The average molecular weight is 304 g/mol. The first-order chi connectivity index (χ1) is 11.8. The Labute approximate surface area is 139 Å². The fourth-order valence-corrected chi connectivity index (χ4v) is 4.29. The Hall–Kier alpha value is -3.00. The van der Waals surface area contributed by atoms with E-state index in [4.69, 9.17) is 4.42 Å². The van der Waals surface area contributed by atoms with Gasteiger partial charge >= 0.3 is 0 Å². The third kappa shape index (κ3) is 1.33. The lowest BCUT2D eigenvalue weighted by Gasteiger charge is -2.06. The van der Waals surface area contributed by atoms with Crippen molar-refractivity contribution in [2.45, 2.75) is 0 Å². The average Bonchev–Trinajstić information content (AvgIpc) is 3.15. The molecule has 1 nitrogen and oxygen atoms in total. The molecule has 1 aliphatic rings. The molecule has 0 saturated heterocycles. The molecule has 0 spiro atoms. The van der Waals surface area contributed by atoms with Gasteiger partial charge in [0.2, 0.25) is 0 Å². The molecule has 0 saturated carbocycles. The molecule has 1 aromatic heterocycles. The molecule has 1 aliphatic carbocycles. The van der Waals surface area contributed by atoms with Gasteiger partial charge in [-0.3, -0.25) is 0 Å². The predicted molar refractivity (Wildman–Crippen MR) is 104 cm³/mol. The third-order valence-corrected chi connectivity index (χ3v) is 5.34. The second-order valence-corrected chi connectivity index (χ2v) is 6.62. The standard InChI is InChI=1S/C22H13BO/c23-17-11-8-12-4-3-6-14-15-9-10-16-13-5-1-2-7-18(13)24-22(16)20(15)21(17)19(12)14/h1-11H,23H2. The summed E-state index contributed by atoms with van der Waals surface area (Å²) in [6.07, 6.45) is 0. The van der Waals surface area contributed by atoms with Gasteiger partial charge in [-0.2, -0.15) is 0 Å². The topological polar surface area (TPSA) is 13.1 Å². The number of hydrogen-bond acceptors (Lipinski definition) is 1. The second kappa shape index (κ2) is 4.10. The fraction of sp³-hybridized carbons (Fsp3) is 0. The lowest BCUT2D eigenvalue weighted by atomic mass is 9.85. The van der Waals surface area contributed by atoms with Crippen LogP contribution in [0.3, 0.4) is 0 Å². The molecule has 0 N–H and O–H groups in total. The molecule has 110 valence electrons. The van der Waals surface area contributed by atoms with E-state index in [1.165, 1.54) is 49.3 Å². The van der Waals surface area contributed by atoms with Crippen LogP contribution < -0.4 is 5.46 Å². The van der Waals surface area contributed by atoms with Gasteiger partial charge in [-0.15, -0.1) is 0 Å². The Morgan fingerprint density at radius 3 is 2.54 bits per heavy atom. The minimum absolute atomic E-state index is 0.960. The second-order valence-electron chi connectivity index (χ2n) is 6.62. The molecule has 24 heavy (non-hydrogen) atoms. The van der Waals surface area contributed by atoms with Gasteiger partial charge in [-0.1, -0.05) is 60.1 Å². The molecule has 0 atom stereocenters. The lowest BCUT2D eigenvalue weighted by molar-refractivity contribution is 0.670. The van der Waals surface area contributed by atoms with Crippen LogP contribution in [0.5, 0.6) is 0 Å². The normalized spacial score (nSPS) is 12.3. The molecule has 6 rings (SSSR count). The van der Waals surface area contributed by atoms with Gasteiger partial charge in [0.15, 0.2) is 0 Å². The van der Waals surface area contributed by atoms with E-state index in [-0.39, 0.29) is 0 Å². The quantitative estimate of drug-likeness (QED) is 0.372. The third-order valence-electron chi connectivity index (χ3n) is 5.34. The first-order valence-electron chi connectivity index (χ1n) is 8.30. The van der Waals surface area contributed by atoms with Crippen molar-refractivity contribution in [2.75, 3.05) is 0 Å². The minimum atomic E-state index is 0.960. The number of fused-ring (bicyclic) bond motifs is 7. The Bertz CT molecular complexity index is 1310. The number of furan rings is 1. The van der Waals surface area contributed by atoms with Gasteiger partial charge in [-0.05, 0) is 39.6 Å². The van der Waals surface area contributed by atoms with Gasteiger partial charge in [-0.25, -0.2) is 0 Å². The number of para-hydroxylation sites is 1. The summed E-state index contributed by atoms with van der Waals surface area (Å²) < 4.78 is 6.31. The maximum Gasteiger partial charge on any atom is 0.143 e. The van der Waals surface area contributed by atoms with Crippen molar-refractivity contribution >= 4 is 46.0 Å². The Balaban J connectivity index is 1.90. The summed E-state index contributed by atoms with van der Waals surface area (Å²) in [5, 5.41) is 5.05. The molecule has 5 aromatic rings. The number of hydrogen-bond donors (Lipinski definition) is 0. The first-order valence-corrected chi connectivity index (χ1v) is 8.30. The lowest BCUT2D eigenvalue weighted by Crippen LogP contribution is -2.05. The predicted octanol–water partition coefficient (Wildman–Crippen LogP) is 4.65. The van der Waals surface area contributed by atoms with Crippen LogP contribution in [-0.2, 0) is 0 Å². The van der Waals surface area contributed by atoms with E-state index in [9.17, 15) is 0 Å². The van der Waals surface area contributed by atoms with Crippen molar-refractivity contribution in [3.8, 4) is 22.3 Å². The smallest absolute Gasteiger partial charge is 0.143 e. The zero-order chi connectivity index (χ0) is 15.8. The maximum absolute atomic E-state index is 6.31. The largest absolute Gasteiger partial charge is 0.455 e. The van der Waals surface area contributed by atoms with Gasteiger partial charge < -0.3 is 4.42 Å². The molecule has 1 heterocycles. The van der Waals surface area contributed by atoms with E-state index in [0.29, 0.717) is 0 Å². The van der Waals surface area contributed by atoms with Crippen LogP contribution in [0, 0.1) is 0 Å². The van der Waals surface area contributed by atoms with Crippen LogP contribution in [0.15, 0.2) is 71.1 Å². The SMILES string of the molecule is Bc1ccc2cccc3c2c1-c1c-3ccc2c1oc1ccccc12. The number of benzene rings is 4. The van der Waals surface area contributed by atoms with Crippen LogP contribution in [0.2, 0.25) is 0 Å². The minimum Gasteiger partial charge on any atom is -0.455 e. The van der Waals surface area contributed by atoms with E-state index in [1.807, 2.05) is 6.07 Å². The molecule has 4 aromatic carbocycles. The summed E-state index contributed by atoms with van der Waals surface area (Å²) >= 11 is 0. The molecule has 0 amide bonds. The summed E-state index contributed by atoms with van der Waals surface area (Å²) in [5.41, 5.74) is 8.49. The molecule has 0 unspecified atom stereocenters. The zero-order valence-electron chi connectivity index (χ0n) is 13.3. The van der Waals surface area contributed by atoms with Gasteiger partial charge in [0.25, 0.3) is 0 Å². The van der Waals surface area contributed by atoms with Crippen molar-refractivity contribution in [3.05, 3.63) is 66.7 Å². The van der Waals surface area contributed by atoms with Gasteiger partial charge in [0, 0.05) is 16.3 Å². The Morgan fingerprint density at radius 2 is 1.58 bits per heavy atom. The summed E-state index contributed by atoms with van der Waals surface area (Å²) in [5.74, 6) is 0. The van der Waals surface area contributed by atoms with Crippen LogP contribution in [-0.4, -0.2) is 7.85 Å². The first kappa shape index (κ1) is 12.4. The molecule has 0 radical (unpaired) electrons. The van der Waals surface area contributed by atoms with E-state index in [2.05, 4.69) is 68.5 Å². The zero-order valence-corrected chi connectivity index (χ0v) is 13.3. The number of rotatable bonds is 0. The summed E-state index contributed by atoms with van der Waals surface area (Å²) in [6, 6.07) is 23.8. The molecule has 0 bridgehead atoms. The fourth-order valence-electron chi connectivity index (χ4n) is 4.29. The van der Waals surface area contributed by atoms with E-state index in [1.54, 1.807) is 0 Å². The highest BCUT2D eigenvalue weighted by Crippen LogP contribution is 2.50. The molecule has 0 fully saturated rings. The molecular formula is C22H13BO. The highest BCUT2D eigenvalue weighted by atomic mass is 16.3. The van der Waals surface area contributed by atoms with Gasteiger partial charge in [0.05, 0.1) is 0 Å². The molecular weight excluding hydrogens is 291 g/mol. The van der Waals surface area contributed by atoms with Crippen LogP contribution in [0.4, 0.5) is 0 Å². The highest BCUT2D eigenvalue weighted by molar-refractivity contribution is 6.41.